The van der Waals surface area contributed by atoms with Gasteiger partial charge in [-0.05, 0) is 12.3 Å². The third-order valence-corrected chi connectivity index (χ3v) is 4.15. The minimum atomic E-state index is -0.132. The Morgan fingerprint density at radius 1 is 1.45 bits per heavy atom. The molecular weight excluding hydrogens is 274 g/mol. The smallest absolute Gasteiger partial charge is 0.315 e. The number of imidazole rings is 1. The molecule has 1 aliphatic rings. The number of nitrogens with one attached hydrogen (secondary N) is 2. The predicted octanol–water partition coefficient (Wildman–Crippen LogP) is 1.40. The zero-order chi connectivity index (χ0) is 13.8. The van der Waals surface area contributed by atoms with Crippen LogP contribution in [0.15, 0.2) is 23.3 Å². The van der Waals surface area contributed by atoms with Crippen LogP contribution in [-0.4, -0.2) is 27.1 Å². The standard InChI is InChI=1S/C13H17N5OS/c19-13(16-7-11-8-20-9-17-11)15-6-10-1-3-18-4-2-14-12(18)5-10/h2,4,8-10H,1,3,5-7H2,(H2,15,16,19)/t10-/m0/s1. The molecule has 3 heterocycles. The molecule has 1 atom stereocenters. The molecule has 0 radical (unpaired) electrons. The molecule has 0 bridgehead atoms. The topological polar surface area (TPSA) is 71.8 Å². The summed E-state index contributed by atoms with van der Waals surface area (Å²) in [7, 11) is 0. The number of fused-ring (bicyclic) bond motifs is 1. The molecule has 2 amide bonds. The van der Waals surface area contributed by atoms with Gasteiger partial charge in [-0.2, -0.15) is 0 Å². The van der Waals surface area contributed by atoms with Gasteiger partial charge in [0, 0.05) is 37.3 Å². The zero-order valence-electron chi connectivity index (χ0n) is 11.1. The first kappa shape index (κ1) is 13.1. The van der Waals surface area contributed by atoms with E-state index < -0.39 is 0 Å². The fourth-order valence-corrected chi connectivity index (χ4v) is 2.94. The Balaban J connectivity index is 1.40. The Hall–Kier alpha value is -1.89. The van der Waals surface area contributed by atoms with Gasteiger partial charge < -0.3 is 15.2 Å². The summed E-state index contributed by atoms with van der Waals surface area (Å²) in [5.74, 6) is 1.58. The van der Waals surface area contributed by atoms with Crippen molar-refractivity contribution in [2.24, 2.45) is 5.92 Å². The van der Waals surface area contributed by atoms with Crippen molar-refractivity contribution in [1.29, 1.82) is 0 Å². The summed E-state index contributed by atoms with van der Waals surface area (Å²) in [6, 6.07) is -0.132. The van der Waals surface area contributed by atoms with Crippen LogP contribution in [0.2, 0.25) is 0 Å². The summed E-state index contributed by atoms with van der Waals surface area (Å²) in [6.07, 6.45) is 5.86. The highest BCUT2D eigenvalue weighted by Crippen LogP contribution is 2.18. The lowest BCUT2D eigenvalue weighted by atomic mass is 9.98. The van der Waals surface area contributed by atoms with Gasteiger partial charge in [0.25, 0.3) is 0 Å². The minimum absolute atomic E-state index is 0.132. The number of rotatable bonds is 4. The van der Waals surface area contributed by atoms with E-state index in [1.54, 1.807) is 5.51 Å². The van der Waals surface area contributed by atoms with Crippen LogP contribution in [-0.2, 0) is 19.5 Å². The molecule has 0 saturated carbocycles. The molecular formula is C13H17N5OS. The third kappa shape index (κ3) is 3.16. The summed E-state index contributed by atoms with van der Waals surface area (Å²) in [4.78, 5) is 20.2. The number of nitrogens with zero attached hydrogens (tertiary/aromatic N) is 3. The van der Waals surface area contributed by atoms with E-state index in [0.717, 1.165) is 30.9 Å². The predicted molar refractivity (Wildman–Crippen MR) is 76.4 cm³/mol. The monoisotopic (exact) mass is 291 g/mol. The normalized spacial score (nSPS) is 17.5. The van der Waals surface area contributed by atoms with E-state index in [-0.39, 0.29) is 6.03 Å². The van der Waals surface area contributed by atoms with Crippen LogP contribution in [0.4, 0.5) is 4.79 Å². The van der Waals surface area contributed by atoms with E-state index in [1.807, 2.05) is 17.8 Å². The van der Waals surface area contributed by atoms with Crippen molar-refractivity contribution in [1.82, 2.24) is 25.2 Å². The van der Waals surface area contributed by atoms with Crippen molar-refractivity contribution in [3.63, 3.8) is 0 Å². The Morgan fingerprint density at radius 3 is 3.25 bits per heavy atom. The molecule has 0 unspecified atom stereocenters. The molecule has 2 aromatic heterocycles. The van der Waals surface area contributed by atoms with Gasteiger partial charge >= 0.3 is 6.03 Å². The molecule has 0 fully saturated rings. The van der Waals surface area contributed by atoms with Crippen LogP contribution in [0.3, 0.4) is 0 Å². The number of hydrogen-bond acceptors (Lipinski definition) is 4. The maximum Gasteiger partial charge on any atom is 0.315 e. The molecule has 0 aromatic carbocycles. The summed E-state index contributed by atoms with van der Waals surface area (Å²) in [5, 5.41) is 7.67. The van der Waals surface area contributed by atoms with Gasteiger partial charge in [-0.3, -0.25) is 0 Å². The van der Waals surface area contributed by atoms with Gasteiger partial charge in [-0.15, -0.1) is 11.3 Å². The van der Waals surface area contributed by atoms with Crippen molar-refractivity contribution < 1.29 is 4.79 Å². The molecule has 7 heteroatoms. The Bertz CT molecular complexity index is 565. The molecule has 1 aliphatic heterocycles. The van der Waals surface area contributed by atoms with Gasteiger partial charge in [0.15, 0.2) is 0 Å². The van der Waals surface area contributed by atoms with Crippen LogP contribution < -0.4 is 10.6 Å². The van der Waals surface area contributed by atoms with Crippen LogP contribution in [0.1, 0.15) is 17.9 Å². The third-order valence-electron chi connectivity index (χ3n) is 3.52. The van der Waals surface area contributed by atoms with E-state index in [1.165, 1.54) is 11.3 Å². The van der Waals surface area contributed by atoms with Crippen LogP contribution in [0.25, 0.3) is 0 Å². The molecule has 2 aromatic rings. The maximum atomic E-state index is 11.7. The molecule has 0 aliphatic carbocycles. The van der Waals surface area contributed by atoms with Crippen LogP contribution in [0, 0.1) is 5.92 Å². The van der Waals surface area contributed by atoms with Gasteiger partial charge in [0.2, 0.25) is 0 Å². The summed E-state index contributed by atoms with van der Waals surface area (Å²) < 4.78 is 2.18. The van der Waals surface area contributed by atoms with E-state index in [0.29, 0.717) is 19.0 Å². The van der Waals surface area contributed by atoms with Crippen molar-refractivity contribution in [2.45, 2.75) is 25.9 Å². The average Bonchev–Trinajstić information content (AvgIpc) is 3.13. The highest BCUT2D eigenvalue weighted by Gasteiger charge is 2.19. The minimum Gasteiger partial charge on any atom is -0.338 e. The quantitative estimate of drug-likeness (QED) is 0.894. The van der Waals surface area contributed by atoms with Crippen molar-refractivity contribution >= 4 is 17.4 Å². The van der Waals surface area contributed by atoms with Gasteiger partial charge in [-0.25, -0.2) is 14.8 Å². The molecule has 0 saturated heterocycles. The van der Waals surface area contributed by atoms with Crippen molar-refractivity contribution in [3.8, 4) is 0 Å². The number of amides is 2. The molecule has 0 spiro atoms. The fourth-order valence-electron chi connectivity index (χ4n) is 2.38. The van der Waals surface area contributed by atoms with Crippen molar-refractivity contribution in [3.05, 3.63) is 34.8 Å². The fraction of sp³-hybridized carbons (Fsp3) is 0.462. The Morgan fingerprint density at radius 2 is 2.40 bits per heavy atom. The van der Waals surface area contributed by atoms with E-state index in [4.69, 9.17) is 0 Å². The van der Waals surface area contributed by atoms with Gasteiger partial charge in [-0.1, -0.05) is 0 Å². The lowest BCUT2D eigenvalue weighted by molar-refractivity contribution is 0.236. The van der Waals surface area contributed by atoms with E-state index in [9.17, 15) is 4.79 Å². The molecule has 20 heavy (non-hydrogen) atoms. The maximum absolute atomic E-state index is 11.7. The second-order valence-corrected chi connectivity index (χ2v) is 5.66. The number of aryl methyl sites for hydroxylation is 1. The zero-order valence-corrected chi connectivity index (χ0v) is 11.9. The van der Waals surface area contributed by atoms with Gasteiger partial charge in [0.1, 0.15) is 5.82 Å². The number of carbonyl (C=O) groups excluding carboxylic acids is 1. The van der Waals surface area contributed by atoms with Gasteiger partial charge in [0.05, 0.1) is 17.7 Å². The molecule has 106 valence electrons. The summed E-state index contributed by atoms with van der Waals surface area (Å²) in [6.45, 7) is 2.16. The molecule has 3 rings (SSSR count). The lowest BCUT2D eigenvalue weighted by Gasteiger charge is -2.23. The van der Waals surface area contributed by atoms with Crippen LogP contribution in [0.5, 0.6) is 0 Å². The number of hydrogen-bond donors (Lipinski definition) is 2. The van der Waals surface area contributed by atoms with E-state index in [2.05, 4.69) is 25.2 Å². The summed E-state index contributed by atoms with van der Waals surface area (Å²) in [5.41, 5.74) is 2.66. The van der Waals surface area contributed by atoms with Crippen LogP contribution >= 0.6 is 11.3 Å². The number of carbonyl (C=O) groups is 1. The Kier molecular flexibility index (Phi) is 3.96. The first-order chi connectivity index (χ1) is 9.81. The largest absolute Gasteiger partial charge is 0.338 e. The Labute approximate surface area is 121 Å². The average molecular weight is 291 g/mol. The molecule has 2 N–H and O–H groups in total. The van der Waals surface area contributed by atoms with Crippen molar-refractivity contribution in [2.75, 3.05) is 6.54 Å². The highest BCUT2D eigenvalue weighted by atomic mass is 32.1. The second kappa shape index (κ2) is 6.04. The second-order valence-electron chi connectivity index (χ2n) is 4.94. The number of aromatic nitrogens is 3. The highest BCUT2D eigenvalue weighted by molar-refractivity contribution is 7.07. The first-order valence-corrected chi connectivity index (χ1v) is 7.64. The summed E-state index contributed by atoms with van der Waals surface area (Å²) >= 11 is 1.53. The SMILES string of the molecule is O=C(NCc1cscn1)NC[C@H]1CCn2ccnc2C1. The number of urea groups is 1. The lowest BCUT2D eigenvalue weighted by Crippen LogP contribution is -2.39. The first-order valence-electron chi connectivity index (χ1n) is 6.70. The number of thiazole rings is 1. The van der Waals surface area contributed by atoms with E-state index >= 15 is 0 Å². The molecule has 6 nitrogen and oxygen atoms in total.